The van der Waals surface area contributed by atoms with Crippen LogP contribution in [0.2, 0.25) is 0 Å². The Morgan fingerprint density at radius 2 is 2.16 bits per heavy atom. The predicted molar refractivity (Wildman–Crippen MR) is 99.3 cm³/mol. The lowest BCUT2D eigenvalue weighted by Crippen LogP contribution is -2.65. The van der Waals surface area contributed by atoms with Crippen molar-refractivity contribution in [2.45, 2.75) is 32.0 Å². The molecule has 0 radical (unpaired) electrons. The molecule has 6 heteroatoms. The molecule has 2 bridgehead atoms. The minimum atomic E-state index is -0.783. The first-order valence-corrected chi connectivity index (χ1v) is 8.94. The molecule has 1 fully saturated rings. The molecule has 0 unspecified atom stereocenters. The third-order valence-corrected chi connectivity index (χ3v) is 5.24. The van der Waals surface area contributed by atoms with E-state index in [0.29, 0.717) is 17.9 Å². The van der Waals surface area contributed by atoms with Crippen LogP contribution in [-0.4, -0.2) is 18.9 Å². The third kappa shape index (κ3) is 2.56. The van der Waals surface area contributed by atoms with Crippen LogP contribution in [0.4, 0.5) is 10.5 Å². The van der Waals surface area contributed by atoms with Gasteiger partial charge in [-0.2, -0.15) is 0 Å². The van der Waals surface area contributed by atoms with Crippen LogP contribution >= 0.6 is 15.9 Å². The minimum absolute atomic E-state index is 0.117. The number of hydrogen-bond donors (Lipinski definition) is 1. The summed E-state index contributed by atoms with van der Waals surface area (Å²) in [5.74, 6) is 1.34. The first-order chi connectivity index (χ1) is 11.9. The highest BCUT2D eigenvalue weighted by atomic mass is 79.9. The van der Waals surface area contributed by atoms with E-state index in [9.17, 15) is 4.79 Å². The Labute approximate surface area is 155 Å². The minimum Gasteiger partial charge on any atom is -0.493 e. The molecular weight excluding hydrogens is 384 g/mol. The second-order valence-corrected chi connectivity index (χ2v) is 7.60. The number of rotatable bonds is 2. The summed E-state index contributed by atoms with van der Waals surface area (Å²) in [7, 11) is 1.62. The number of fused-ring (bicyclic) bond motifs is 4. The second kappa shape index (κ2) is 5.66. The summed E-state index contributed by atoms with van der Waals surface area (Å²) in [4.78, 5) is 14.6. The number of aryl methyl sites for hydroxylation is 1. The van der Waals surface area contributed by atoms with Crippen molar-refractivity contribution >= 4 is 27.6 Å². The number of benzene rings is 2. The average molecular weight is 403 g/mol. The highest BCUT2D eigenvalue weighted by Crippen LogP contribution is 2.50. The van der Waals surface area contributed by atoms with Gasteiger partial charge in [-0.25, -0.2) is 4.79 Å². The lowest BCUT2D eigenvalue weighted by atomic mass is 9.90. The number of anilines is 1. The van der Waals surface area contributed by atoms with Gasteiger partial charge in [-0.3, -0.25) is 4.90 Å². The Bertz CT molecular complexity index is 870. The van der Waals surface area contributed by atoms with E-state index in [0.717, 1.165) is 21.3 Å². The van der Waals surface area contributed by atoms with E-state index in [4.69, 9.17) is 9.47 Å². The van der Waals surface area contributed by atoms with Crippen molar-refractivity contribution < 1.29 is 14.3 Å². The average Bonchev–Trinajstić information content (AvgIpc) is 2.54. The van der Waals surface area contributed by atoms with Crippen LogP contribution in [0, 0.1) is 6.92 Å². The quantitative estimate of drug-likeness (QED) is 0.802. The fourth-order valence-corrected chi connectivity index (χ4v) is 4.16. The number of ether oxygens (including phenoxy) is 2. The molecule has 5 nitrogen and oxygen atoms in total. The number of carbonyl (C=O) groups excluding carboxylic acids is 1. The van der Waals surface area contributed by atoms with E-state index >= 15 is 0 Å². The molecule has 2 atom stereocenters. The first kappa shape index (κ1) is 16.3. The molecule has 2 aliphatic heterocycles. The van der Waals surface area contributed by atoms with Crippen LogP contribution in [0.1, 0.15) is 30.5 Å². The molecule has 2 amide bonds. The number of carbonyl (C=O) groups is 1. The number of urea groups is 1. The van der Waals surface area contributed by atoms with Gasteiger partial charge in [0, 0.05) is 22.1 Å². The molecule has 2 aromatic carbocycles. The molecule has 130 valence electrons. The van der Waals surface area contributed by atoms with E-state index in [1.165, 1.54) is 0 Å². The lowest BCUT2D eigenvalue weighted by molar-refractivity contribution is 0.0349. The molecule has 0 spiro atoms. The summed E-state index contributed by atoms with van der Waals surface area (Å²) in [6, 6.07) is 11.4. The number of halogens is 1. The Kier molecular flexibility index (Phi) is 3.68. The molecule has 1 N–H and O–H groups in total. The molecule has 1 saturated heterocycles. The summed E-state index contributed by atoms with van der Waals surface area (Å²) in [6.07, 6.45) is 0.652. The Balaban J connectivity index is 1.84. The van der Waals surface area contributed by atoms with E-state index in [1.54, 1.807) is 12.0 Å². The Morgan fingerprint density at radius 3 is 2.88 bits per heavy atom. The summed E-state index contributed by atoms with van der Waals surface area (Å²) < 4.78 is 12.8. The zero-order valence-corrected chi connectivity index (χ0v) is 15.9. The number of hydrogen-bond acceptors (Lipinski definition) is 3. The molecule has 25 heavy (non-hydrogen) atoms. The molecule has 2 aromatic rings. The fraction of sp³-hybridized carbons (Fsp3) is 0.316. The van der Waals surface area contributed by atoms with Crippen molar-refractivity contribution in [1.29, 1.82) is 0 Å². The zero-order valence-electron chi connectivity index (χ0n) is 14.3. The maximum Gasteiger partial charge on any atom is 0.325 e. The van der Waals surface area contributed by atoms with Crippen LogP contribution in [0.25, 0.3) is 0 Å². The maximum atomic E-state index is 12.9. The summed E-state index contributed by atoms with van der Waals surface area (Å²) in [5.41, 5.74) is 2.06. The normalized spacial score (nSPS) is 24.2. The van der Waals surface area contributed by atoms with Crippen molar-refractivity contribution in [3.63, 3.8) is 0 Å². The monoisotopic (exact) mass is 402 g/mol. The van der Waals surface area contributed by atoms with E-state index < -0.39 is 5.72 Å². The highest BCUT2D eigenvalue weighted by molar-refractivity contribution is 9.10. The first-order valence-electron chi connectivity index (χ1n) is 8.15. The maximum absolute atomic E-state index is 12.9. The SMILES string of the molecule is COc1cc(Br)cc2c1O[C@@]1(C)C[C@H]2NC(=O)N1c1cccc(C)c1. The van der Waals surface area contributed by atoms with Crippen molar-refractivity contribution in [2.75, 3.05) is 12.0 Å². The fourth-order valence-electron chi connectivity index (χ4n) is 3.71. The van der Waals surface area contributed by atoms with Gasteiger partial charge in [0.2, 0.25) is 0 Å². The van der Waals surface area contributed by atoms with Crippen molar-refractivity contribution in [3.8, 4) is 11.5 Å². The van der Waals surface area contributed by atoms with Crippen LogP contribution < -0.4 is 19.7 Å². The number of nitrogens with zero attached hydrogens (tertiary/aromatic N) is 1. The summed E-state index contributed by atoms with van der Waals surface area (Å²) >= 11 is 3.50. The van der Waals surface area contributed by atoms with Gasteiger partial charge in [-0.05, 0) is 43.7 Å². The molecule has 0 aliphatic carbocycles. The number of amides is 2. The van der Waals surface area contributed by atoms with Gasteiger partial charge >= 0.3 is 6.03 Å². The van der Waals surface area contributed by atoms with Gasteiger partial charge < -0.3 is 14.8 Å². The number of nitrogens with one attached hydrogen (secondary N) is 1. The van der Waals surface area contributed by atoms with Crippen molar-refractivity contribution in [2.24, 2.45) is 0 Å². The van der Waals surface area contributed by atoms with E-state index in [1.807, 2.05) is 50.2 Å². The highest BCUT2D eigenvalue weighted by Gasteiger charge is 2.50. The molecule has 0 saturated carbocycles. The van der Waals surface area contributed by atoms with E-state index in [2.05, 4.69) is 21.2 Å². The summed E-state index contributed by atoms with van der Waals surface area (Å²) in [6.45, 7) is 3.96. The second-order valence-electron chi connectivity index (χ2n) is 6.68. The zero-order chi connectivity index (χ0) is 17.8. The standard InChI is InChI=1S/C19H19BrN2O3/c1-11-5-4-6-13(7-11)22-18(23)21-15-10-19(22,2)25-17-14(15)8-12(20)9-16(17)24-3/h4-9,15H,10H2,1-3H3,(H,21,23)/t15-,19+/m1/s1. The van der Waals surface area contributed by atoms with Crippen LogP contribution in [0.3, 0.4) is 0 Å². The smallest absolute Gasteiger partial charge is 0.325 e. The van der Waals surface area contributed by atoms with Gasteiger partial charge in [0.05, 0.1) is 13.2 Å². The van der Waals surface area contributed by atoms with Crippen LogP contribution in [0.15, 0.2) is 40.9 Å². The van der Waals surface area contributed by atoms with Gasteiger partial charge in [0.25, 0.3) is 0 Å². The molecular formula is C19H19BrN2O3. The molecule has 0 aromatic heterocycles. The van der Waals surface area contributed by atoms with Gasteiger partial charge in [0.1, 0.15) is 0 Å². The van der Waals surface area contributed by atoms with E-state index in [-0.39, 0.29) is 12.1 Å². The Morgan fingerprint density at radius 1 is 1.36 bits per heavy atom. The summed E-state index contributed by atoms with van der Waals surface area (Å²) in [5, 5.41) is 3.11. The van der Waals surface area contributed by atoms with Gasteiger partial charge in [0.15, 0.2) is 17.2 Å². The largest absolute Gasteiger partial charge is 0.493 e. The Hall–Kier alpha value is -2.21. The van der Waals surface area contributed by atoms with Crippen molar-refractivity contribution in [1.82, 2.24) is 5.32 Å². The predicted octanol–water partition coefficient (Wildman–Crippen LogP) is 4.54. The molecule has 2 aliphatic rings. The topological polar surface area (TPSA) is 50.8 Å². The lowest BCUT2D eigenvalue weighted by Gasteiger charge is -2.50. The van der Waals surface area contributed by atoms with Gasteiger partial charge in [-0.1, -0.05) is 28.1 Å². The van der Waals surface area contributed by atoms with Crippen LogP contribution in [0.5, 0.6) is 11.5 Å². The van der Waals surface area contributed by atoms with Gasteiger partial charge in [-0.15, -0.1) is 0 Å². The third-order valence-electron chi connectivity index (χ3n) is 4.78. The number of methoxy groups -OCH3 is 1. The molecule has 4 rings (SSSR count). The van der Waals surface area contributed by atoms with Crippen molar-refractivity contribution in [3.05, 3.63) is 52.0 Å². The molecule has 2 heterocycles. The van der Waals surface area contributed by atoms with Crippen LogP contribution in [-0.2, 0) is 0 Å².